The molecule has 2 aromatic rings. The molecule has 0 aliphatic carbocycles. The zero-order chi connectivity index (χ0) is 21.3. The minimum atomic E-state index is -3.31. The molecule has 2 N–H and O–H groups in total. The molecule has 7 heteroatoms. The van der Waals surface area contributed by atoms with Gasteiger partial charge in [0.05, 0.1) is 18.4 Å². The van der Waals surface area contributed by atoms with Crippen molar-refractivity contribution in [2.75, 3.05) is 29.4 Å². The summed E-state index contributed by atoms with van der Waals surface area (Å²) in [7, 11) is -1.72. The molecule has 0 fully saturated rings. The fraction of sp³-hybridized carbons (Fsp3) is 0.227. The Kier molecular flexibility index (Phi) is 7.70. The third-order valence-corrected chi connectivity index (χ3v) is 5.28. The summed E-state index contributed by atoms with van der Waals surface area (Å²) in [5, 5.41) is 12.8. The van der Waals surface area contributed by atoms with Crippen molar-refractivity contribution < 1.29 is 13.2 Å². The summed E-state index contributed by atoms with van der Waals surface area (Å²) in [6.07, 6.45) is 1.57. The first-order chi connectivity index (χ1) is 13.9. The zero-order valence-corrected chi connectivity index (χ0v) is 17.4. The Morgan fingerprint density at radius 1 is 1.17 bits per heavy atom. The van der Waals surface area contributed by atoms with E-state index < -0.39 is 10.0 Å². The standard InChI is InChI=1S/C22H23N3O3S/c1-4-24-22-15-20(28-3)13-14-21(22)18(16-23)8-6-7-17-9-11-19(12-10-17)25-29(26,27)5-2/h8-15,24-25H,4-5H2,1-3H3/b18-8+. The predicted octanol–water partition coefficient (Wildman–Crippen LogP) is 3.85. The van der Waals surface area contributed by atoms with E-state index in [0.29, 0.717) is 29.1 Å². The van der Waals surface area contributed by atoms with Crippen LogP contribution in [0.15, 0.2) is 48.5 Å². The lowest BCUT2D eigenvalue weighted by atomic mass is 10.0. The molecule has 0 aromatic heterocycles. The number of nitrogens with one attached hydrogen (secondary N) is 2. The van der Waals surface area contributed by atoms with Gasteiger partial charge in [-0.05, 0) is 50.2 Å². The molecule has 2 aromatic carbocycles. The van der Waals surface area contributed by atoms with Gasteiger partial charge in [-0.2, -0.15) is 5.26 Å². The number of hydrogen-bond donors (Lipinski definition) is 2. The van der Waals surface area contributed by atoms with E-state index >= 15 is 0 Å². The number of hydrogen-bond acceptors (Lipinski definition) is 5. The van der Waals surface area contributed by atoms with Crippen LogP contribution in [0.25, 0.3) is 5.57 Å². The molecule has 0 saturated heterocycles. The van der Waals surface area contributed by atoms with E-state index in [2.05, 4.69) is 27.9 Å². The number of ether oxygens (including phenoxy) is 1. The van der Waals surface area contributed by atoms with E-state index in [9.17, 15) is 13.7 Å². The molecular weight excluding hydrogens is 386 g/mol. The van der Waals surface area contributed by atoms with E-state index in [-0.39, 0.29) is 5.75 Å². The van der Waals surface area contributed by atoms with Crippen LogP contribution in [0.5, 0.6) is 5.75 Å². The molecule has 29 heavy (non-hydrogen) atoms. The molecule has 0 aliphatic rings. The fourth-order valence-electron chi connectivity index (χ4n) is 2.46. The van der Waals surface area contributed by atoms with Crippen LogP contribution in [0.4, 0.5) is 11.4 Å². The molecule has 0 unspecified atom stereocenters. The highest BCUT2D eigenvalue weighted by Crippen LogP contribution is 2.28. The number of sulfonamides is 1. The maximum absolute atomic E-state index is 11.6. The summed E-state index contributed by atoms with van der Waals surface area (Å²) in [4.78, 5) is 0. The Bertz CT molecular complexity index is 1090. The number of nitrogens with zero attached hydrogens (tertiary/aromatic N) is 1. The molecule has 0 saturated carbocycles. The molecule has 0 aliphatic heterocycles. The van der Waals surface area contributed by atoms with Gasteiger partial charge in [0.2, 0.25) is 10.0 Å². The number of benzene rings is 2. The van der Waals surface area contributed by atoms with Crippen LogP contribution < -0.4 is 14.8 Å². The van der Waals surface area contributed by atoms with Crippen LogP contribution >= 0.6 is 0 Å². The first-order valence-electron chi connectivity index (χ1n) is 9.07. The zero-order valence-electron chi connectivity index (χ0n) is 16.6. The van der Waals surface area contributed by atoms with Gasteiger partial charge in [-0.1, -0.05) is 11.8 Å². The summed E-state index contributed by atoms with van der Waals surface area (Å²) >= 11 is 0. The van der Waals surface area contributed by atoms with Crippen molar-refractivity contribution in [1.29, 1.82) is 5.26 Å². The summed E-state index contributed by atoms with van der Waals surface area (Å²) in [6.45, 7) is 4.26. The monoisotopic (exact) mass is 409 g/mol. The smallest absolute Gasteiger partial charge is 0.232 e. The molecular formula is C22H23N3O3S. The Balaban J connectivity index is 2.25. The molecule has 0 radical (unpaired) electrons. The van der Waals surface area contributed by atoms with Gasteiger partial charge in [0.25, 0.3) is 0 Å². The van der Waals surface area contributed by atoms with Crippen molar-refractivity contribution in [2.24, 2.45) is 0 Å². The van der Waals surface area contributed by atoms with Crippen molar-refractivity contribution in [1.82, 2.24) is 0 Å². The van der Waals surface area contributed by atoms with Gasteiger partial charge in [0, 0.05) is 41.2 Å². The van der Waals surface area contributed by atoms with Crippen LogP contribution in [-0.2, 0) is 10.0 Å². The van der Waals surface area contributed by atoms with Crippen LogP contribution in [0.1, 0.15) is 25.0 Å². The average Bonchev–Trinajstić information content (AvgIpc) is 2.73. The second-order valence-electron chi connectivity index (χ2n) is 5.96. The Hall–Kier alpha value is -3.42. The lowest BCUT2D eigenvalue weighted by Crippen LogP contribution is -2.14. The fourth-order valence-corrected chi connectivity index (χ4v) is 3.10. The van der Waals surface area contributed by atoms with Gasteiger partial charge in [-0.15, -0.1) is 0 Å². The van der Waals surface area contributed by atoms with Gasteiger partial charge in [-0.3, -0.25) is 4.72 Å². The number of methoxy groups -OCH3 is 1. The lowest BCUT2D eigenvalue weighted by molar-refractivity contribution is 0.415. The quantitative estimate of drug-likeness (QED) is 0.535. The summed E-state index contributed by atoms with van der Waals surface area (Å²) in [6, 6.07) is 14.4. The van der Waals surface area contributed by atoms with Crippen molar-refractivity contribution >= 4 is 27.0 Å². The van der Waals surface area contributed by atoms with Gasteiger partial charge >= 0.3 is 0 Å². The van der Waals surface area contributed by atoms with Crippen molar-refractivity contribution in [2.45, 2.75) is 13.8 Å². The summed E-state index contributed by atoms with van der Waals surface area (Å²) < 4.78 is 30.9. The molecule has 0 bridgehead atoms. The number of allylic oxidation sites excluding steroid dienone is 2. The highest BCUT2D eigenvalue weighted by molar-refractivity contribution is 7.92. The van der Waals surface area contributed by atoms with Gasteiger partial charge < -0.3 is 10.1 Å². The number of nitriles is 1. The van der Waals surface area contributed by atoms with Crippen molar-refractivity contribution in [3.8, 4) is 23.7 Å². The minimum absolute atomic E-state index is 0.0104. The molecule has 150 valence electrons. The maximum atomic E-state index is 11.6. The molecule has 2 rings (SSSR count). The minimum Gasteiger partial charge on any atom is -0.497 e. The molecule has 0 atom stereocenters. The Morgan fingerprint density at radius 2 is 1.90 bits per heavy atom. The summed E-state index contributed by atoms with van der Waals surface area (Å²) in [5.41, 5.74) is 3.17. The highest BCUT2D eigenvalue weighted by Gasteiger charge is 2.08. The first kappa shape index (κ1) is 21.9. The molecule has 0 heterocycles. The van der Waals surface area contributed by atoms with Crippen LogP contribution in [0.3, 0.4) is 0 Å². The Labute approximate surface area is 172 Å². The Morgan fingerprint density at radius 3 is 2.48 bits per heavy atom. The van der Waals surface area contributed by atoms with Crippen LogP contribution in [0, 0.1) is 23.2 Å². The van der Waals surface area contributed by atoms with E-state index in [1.807, 2.05) is 19.1 Å². The highest BCUT2D eigenvalue weighted by atomic mass is 32.2. The number of anilines is 2. The molecule has 0 amide bonds. The van der Waals surface area contributed by atoms with E-state index in [1.54, 1.807) is 50.4 Å². The largest absolute Gasteiger partial charge is 0.497 e. The molecule has 6 nitrogen and oxygen atoms in total. The van der Waals surface area contributed by atoms with Gasteiger partial charge in [0.1, 0.15) is 11.8 Å². The summed E-state index contributed by atoms with van der Waals surface area (Å²) in [5.74, 6) is 6.56. The normalized spacial score (nSPS) is 11.0. The van der Waals surface area contributed by atoms with E-state index in [0.717, 1.165) is 11.3 Å². The second-order valence-corrected chi connectivity index (χ2v) is 7.97. The van der Waals surface area contributed by atoms with E-state index in [1.165, 1.54) is 0 Å². The lowest BCUT2D eigenvalue weighted by Gasteiger charge is -2.11. The van der Waals surface area contributed by atoms with Crippen LogP contribution in [0.2, 0.25) is 0 Å². The van der Waals surface area contributed by atoms with Gasteiger partial charge in [-0.25, -0.2) is 8.42 Å². The van der Waals surface area contributed by atoms with Crippen molar-refractivity contribution in [3.63, 3.8) is 0 Å². The topological polar surface area (TPSA) is 91.2 Å². The van der Waals surface area contributed by atoms with Gasteiger partial charge in [0.15, 0.2) is 0 Å². The third kappa shape index (κ3) is 6.31. The SMILES string of the molecule is CCNc1cc(OC)ccc1/C(C#N)=C/C#Cc1ccc(NS(=O)(=O)CC)cc1. The second kappa shape index (κ2) is 10.2. The average molecular weight is 410 g/mol. The predicted molar refractivity (Wildman–Crippen MR) is 117 cm³/mol. The van der Waals surface area contributed by atoms with E-state index in [4.69, 9.17) is 4.74 Å². The molecule has 0 spiro atoms. The first-order valence-corrected chi connectivity index (χ1v) is 10.7. The number of rotatable bonds is 7. The van der Waals surface area contributed by atoms with Crippen molar-refractivity contribution in [3.05, 3.63) is 59.7 Å². The third-order valence-electron chi connectivity index (χ3n) is 3.98. The van der Waals surface area contributed by atoms with Crippen LogP contribution in [-0.4, -0.2) is 27.8 Å². The maximum Gasteiger partial charge on any atom is 0.232 e.